The van der Waals surface area contributed by atoms with Crippen molar-refractivity contribution in [3.05, 3.63) is 65.9 Å². The van der Waals surface area contributed by atoms with Gasteiger partial charge < -0.3 is 35.9 Å². The molecule has 0 aliphatic carbocycles. The Hall–Kier alpha value is -2.84. The number of carbonyl (C=O) groups is 1. The summed E-state index contributed by atoms with van der Waals surface area (Å²) in [5.41, 5.74) is 4.93. The number of carbonyl (C=O) groups excluding carboxylic acids is 1. The largest absolute Gasteiger partial charge is 1.00 e. The molecular weight excluding hydrogens is 752 g/mol. The van der Waals surface area contributed by atoms with Crippen molar-refractivity contribution in [2.24, 2.45) is 16.0 Å². The number of halogens is 1. The van der Waals surface area contributed by atoms with Gasteiger partial charge in [-0.25, -0.2) is 30.0 Å². The van der Waals surface area contributed by atoms with Gasteiger partial charge in [0.05, 0.1) is 32.7 Å². The van der Waals surface area contributed by atoms with E-state index >= 15 is 0 Å². The summed E-state index contributed by atoms with van der Waals surface area (Å²) in [7, 11) is -14.1. The number of nitrogens with zero attached hydrogens (tertiary/aromatic N) is 5. The maximum atomic E-state index is 12.3. The van der Waals surface area contributed by atoms with Crippen molar-refractivity contribution in [3.63, 3.8) is 0 Å². The van der Waals surface area contributed by atoms with Gasteiger partial charge in [-0.1, -0.05) is 6.07 Å². The van der Waals surface area contributed by atoms with Crippen LogP contribution in [0.15, 0.2) is 85.6 Å². The summed E-state index contributed by atoms with van der Waals surface area (Å²) in [5.74, 6) is -0.999. The monoisotopic (exact) mass is 771 g/mol. The molecule has 4 aromatic rings. The quantitative estimate of drug-likeness (QED) is 0.0530. The molecule has 0 saturated carbocycles. The molecule has 2 amide bonds. The molecule has 1 aromatic heterocycles. The summed E-state index contributed by atoms with van der Waals surface area (Å²) in [6.45, 7) is -0.742. The topological polar surface area (TPSA) is 311 Å². The van der Waals surface area contributed by atoms with E-state index in [-0.39, 0.29) is 99.0 Å². The standard InChI is InChI=1S/C24H22ClN9O10S3.2Na/c25-21-30-23(27-13-2-1-3-16(10-13)46(39,40)41)32-24(31-21)28-14-4-6-17(19(11-14)29-22(26)36)33-34-18-7-5-15(45(37,38)9-8-35)12-20(18)47(42,43)44;;/h1-7,10-12,35H,8-9H2,(H3,26,29,36)(H,39,40,41)(H,42,43,44)(H2,27,28,30,31,32);;/q;2*+1/p-2. The third-order valence-electron chi connectivity index (χ3n) is 5.68. The summed E-state index contributed by atoms with van der Waals surface area (Å²) >= 11 is 6.01. The number of aromatic nitrogens is 3. The fourth-order valence-electron chi connectivity index (χ4n) is 3.70. The van der Waals surface area contributed by atoms with Gasteiger partial charge in [-0.15, -0.1) is 10.2 Å². The molecular formula is C24H20ClN9Na2O10S3. The van der Waals surface area contributed by atoms with Crippen molar-refractivity contribution in [1.82, 2.24) is 15.0 Å². The third-order valence-corrected chi connectivity index (χ3v) is 9.24. The zero-order valence-corrected chi connectivity index (χ0v) is 32.4. The average molecular weight is 772 g/mol. The fourth-order valence-corrected chi connectivity index (χ4v) is 6.14. The summed E-state index contributed by atoms with van der Waals surface area (Å²) in [5, 5.41) is 24.1. The average Bonchev–Trinajstić information content (AvgIpc) is 2.95. The van der Waals surface area contributed by atoms with E-state index < -0.39 is 68.8 Å². The number of rotatable bonds is 12. The predicted octanol–water partition coefficient (Wildman–Crippen LogP) is -3.50. The molecule has 0 bridgehead atoms. The van der Waals surface area contributed by atoms with E-state index in [1.807, 2.05) is 0 Å². The van der Waals surface area contributed by atoms with Crippen LogP contribution in [-0.4, -0.2) is 72.8 Å². The Balaban J connectivity index is 0.00000417. The number of aliphatic hydroxyl groups excluding tert-OH is 1. The first kappa shape index (κ1) is 42.3. The van der Waals surface area contributed by atoms with Gasteiger partial charge in [-0.3, -0.25) is 0 Å². The molecule has 3 aromatic carbocycles. The molecule has 0 unspecified atom stereocenters. The molecule has 6 N–H and O–H groups in total. The van der Waals surface area contributed by atoms with E-state index in [1.54, 1.807) is 0 Å². The minimum atomic E-state index is -5.25. The third kappa shape index (κ3) is 11.9. The van der Waals surface area contributed by atoms with Gasteiger partial charge in [0.25, 0.3) is 0 Å². The number of sulfone groups is 1. The fraction of sp³-hybridized carbons (Fsp3) is 0.0833. The molecule has 0 fully saturated rings. The van der Waals surface area contributed by atoms with Crippen LogP contribution in [0, 0.1) is 0 Å². The first-order valence-electron chi connectivity index (χ1n) is 12.5. The van der Waals surface area contributed by atoms with Gasteiger partial charge in [0.15, 0.2) is 9.84 Å². The molecule has 0 saturated heterocycles. The summed E-state index contributed by atoms with van der Waals surface area (Å²) in [4.78, 5) is 21.6. The van der Waals surface area contributed by atoms with Crippen molar-refractivity contribution in [1.29, 1.82) is 0 Å². The molecule has 0 radical (unpaired) electrons. The zero-order valence-electron chi connectivity index (χ0n) is 25.2. The molecule has 0 aliphatic heterocycles. The van der Waals surface area contributed by atoms with E-state index in [0.717, 1.165) is 24.3 Å². The van der Waals surface area contributed by atoms with E-state index in [9.17, 15) is 39.2 Å². The van der Waals surface area contributed by atoms with Gasteiger partial charge in [-0.2, -0.15) is 15.0 Å². The summed E-state index contributed by atoms with van der Waals surface area (Å²) in [6, 6.07) is 10.4. The number of hydrogen-bond donors (Lipinski definition) is 5. The minimum Gasteiger partial charge on any atom is -0.744 e. The van der Waals surface area contributed by atoms with Crippen LogP contribution in [0.5, 0.6) is 0 Å². The van der Waals surface area contributed by atoms with Gasteiger partial charge >= 0.3 is 65.1 Å². The van der Waals surface area contributed by atoms with Crippen LogP contribution >= 0.6 is 11.6 Å². The van der Waals surface area contributed by atoms with Crippen LogP contribution in [0.25, 0.3) is 0 Å². The van der Waals surface area contributed by atoms with E-state index in [0.29, 0.717) is 6.07 Å². The number of anilines is 5. The second-order valence-corrected chi connectivity index (χ2v) is 14.2. The number of benzene rings is 3. The van der Waals surface area contributed by atoms with E-state index in [1.165, 1.54) is 30.3 Å². The zero-order chi connectivity index (χ0) is 34.6. The van der Waals surface area contributed by atoms with Gasteiger partial charge in [0, 0.05) is 11.4 Å². The summed E-state index contributed by atoms with van der Waals surface area (Å²) < 4.78 is 94.2. The Morgan fingerprint density at radius 1 is 0.796 bits per heavy atom. The summed E-state index contributed by atoms with van der Waals surface area (Å²) in [6.07, 6.45) is 0. The molecule has 0 spiro atoms. The van der Waals surface area contributed by atoms with Gasteiger partial charge in [0.2, 0.25) is 17.2 Å². The van der Waals surface area contributed by atoms with Crippen molar-refractivity contribution in [2.75, 3.05) is 28.3 Å². The SMILES string of the molecule is NC(=O)Nc1cc(Nc2nc(Cl)nc(Nc3cccc(S(=O)(=O)[O-])c3)n2)ccc1N=Nc1ccc(S(=O)(=O)CCO)cc1S(=O)(=O)[O-].[Na+].[Na+]. The first-order valence-corrected chi connectivity index (χ1v) is 17.4. The van der Waals surface area contributed by atoms with Gasteiger partial charge in [-0.05, 0) is 66.2 Å². The number of primary amides is 1. The van der Waals surface area contributed by atoms with Crippen LogP contribution in [0.4, 0.5) is 45.1 Å². The Morgan fingerprint density at radius 3 is 1.96 bits per heavy atom. The van der Waals surface area contributed by atoms with E-state index in [2.05, 4.69) is 41.1 Å². The Labute approximate surface area is 328 Å². The van der Waals surface area contributed by atoms with Crippen LogP contribution in [0.1, 0.15) is 0 Å². The number of urea groups is 1. The molecule has 25 heteroatoms. The maximum Gasteiger partial charge on any atom is 1.00 e. The van der Waals surface area contributed by atoms with Crippen LogP contribution in [0.3, 0.4) is 0 Å². The van der Waals surface area contributed by atoms with E-state index in [4.69, 9.17) is 22.4 Å². The Morgan fingerprint density at radius 2 is 1.39 bits per heavy atom. The number of azo groups is 1. The van der Waals surface area contributed by atoms with Crippen LogP contribution in [-0.2, 0) is 30.1 Å². The Kier molecular flexibility index (Phi) is 15.0. The van der Waals surface area contributed by atoms with Crippen LogP contribution in [0.2, 0.25) is 5.28 Å². The van der Waals surface area contributed by atoms with Crippen molar-refractivity contribution >= 4 is 88.0 Å². The predicted molar refractivity (Wildman–Crippen MR) is 163 cm³/mol. The number of nitrogens with two attached hydrogens (primary N) is 1. The number of nitrogens with one attached hydrogen (secondary N) is 3. The van der Waals surface area contributed by atoms with Crippen LogP contribution < -0.4 is 80.8 Å². The molecule has 0 aliphatic rings. The maximum absolute atomic E-state index is 12.3. The smallest absolute Gasteiger partial charge is 0.744 e. The molecule has 0 atom stereocenters. The molecule has 1 heterocycles. The van der Waals surface area contributed by atoms with Crippen molar-refractivity contribution in [2.45, 2.75) is 14.7 Å². The first-order chi connectivity index (χ1) is 21.9. The van der Waals surface area contributed by atoms with Gasteiger partial charge in [0.1, 0.15) is 31.6 Å². The van der Waals surface area contributed by atoms with Crippen molar-refractivity contribution in [3.8, 4) is 0 Å². The Bertz CT molecular complexity index is 2230. The normalized spacial score (nSPS) is 11.7. The molecule has 49 heavy (non-hydrogen) atoms. The molecule has 248 valence electrons. The number of hydrogen-bond acceptors (Lipinski definition) is 17. The second-order valence-electron chi connectivity index (χ2n) is 9.03. The molecule has 4 rings (SSSR count). The van der Waals surface area contributed by atoms with Crippen molar-refractivity contribution < 1.29 is 103 Å². The number of amides is 2. The number of aliphatic hydroxyl groups is 1. The minimum absolute atomic E-state index is 0. The molecule has 19 nitrogen and oxygen atoms in total. The second kappa shape index (κ2) is 17.4.